The molecule has 5 nitrogen and oxygen atoms in total. The Balaban J connectivity index is 2.27. The maximum absolute atomic E-state index is 11.7. The highest BCUT2D eigenvalue weighted by Gasteiger charge is 2.14. The van der Waals surface area contributed by atoms with E-state index in [0.717, 1.165) is 18.6 Å². The van der Waals surface area contributed by atoms with Crippen LogP contribution in [-0.4, -0.2) is 17.4 Å². The number of nitrogens with zero attached hydrogens (tertiary/aromatic N) is 1. The minimum absolute atomic E-state index is 0.0403. The van der Waals surface area contributed by atoms with Crippen LogP contribution in [0.25, 0.3) is 0 Å². The number of aryl methyl sites for hydroxylation is 1. The number of oxazole rings is 1. The molecule has 0 radical (unpaired) electrons. The van der Waals surface area contributed by atoms with Crippen molar-refractivity contribution in [3.8, 4) is 0 Å². The summed E-state index contributed by atoms with van der Waals surface area (Å²) in [5.41, 5.74) is 5.59. The Labute approximate surface area is 115 Å². The summed E-state index contributed by atoms with van der Waals surface area (Å²) in [6.45, 7) is 7.22. The summed E-state index contributed by atoms with van der Waals surface area (Å²) < 4.78 is 5.29. The molecule has 19 heavy (non-hydrogen) atoms. The molecule has 0 bridgehead atoms. The summed E-state index contributed by atoms with van der Waals surface area (Å²) in [6.07, 6.45) is 4.04. The Morgan fingerprint density at radius 3 is 2.74 bits per heavy atom. The van der Waals surface area contributed by atoms with Gasteiger partial charge in [0, 0.05) is 6.42 Å². The van der Waals surface area contributed by atoms with Crippen LogP contribution in [0, 0.1) is 18.8 Å². The number of hydrogen-bond acceptors (Lipinski definition) is 4. The lowest BCUT2D eigenvalue weighted by Crippen LogP contribution is -2.24. The van der Waals surface area contributed by atoms with Crippen molar-refractivity contribution in [2.75, 3.05) is 6.54 Å². The Bertz CT molecular complexity index is 388. The highest BCUT2D eigenvalue weighted by molar-refractivity contribution is 5.75. The number of carbonyl (C=O) groups is 1. The first kappa shape index (κ1) is 15.7. The second-order valence-electron chi connectivity index (χ2n) is 5.26. The molecule has 0 aromatic carbocycles. The van der Waals surface area contributed by atoms with Crippen molar-refractivity contribution in [1.29, 1.82) is 0 Å². The molecule has 108 valence electrons. The first-order chi connectivity index (χ1) is 9.02. The largest absolute Gasteiger partial charge is 0.444 e. The third kappa shape index (κ3) is 5.87. The van der Waals surface area contributed by atoms with E-state index in [1.54, 1.807) is 6.20 Å². The molecule has 1 atom stereocenters. The highest BCUT2D eigenvalue weighted by Crippen LogP contribution is 2.20. The first-order valence-electron chi connectivity index (χ1n) is 6.91. The van der Waals surface area contributed by atoms with Gasteiger partial charge in [-0.15, -0.1) is 0 Å². The van der Waals surface area contributed by atoms with E-state index >= 15 is 0 Å². The molecule has 1 aromatic heterocycles. The van der Waals surface area contributed by atoms with Crippen molar-refractivity contribution in [2.45, 2.75) is 46.6 Å². The number of hydrogen-bond donors (Lipinski definition) is 2. The lowest BCUT2D eigenvalue weighted by atomic mass is 9.88. The van der Waals surface area contributed by atoms with Crippen molar-refractivity contribution >= 4 is 5.91 Å². The molecule has 1 heterocycles. The zero-order chi connectivity index (χ0) is 14.3. The van der Waals surface area contributed by atoms with Crippen LogP contribution in [0.2, 0.25) is 0 Å². The Morgan fingerprint density at radius 2 is 2.21 bits per heavy atom. The molecule has 0 fully saturated rings. The molecule has 1 aromatic rings. The van der Waals surface area contributed by atoms with E-state index < -0.39 is 0 Å². The standard InChI is InChI=1S/C14H25N3O2/c1-10(2)12(6-7-15)4-5-13(18)16-9-14-17-8-11(3)19-14/h8,10,12H,4-7,9,15H2,1-3H3,(H,16,18). The number of nitrogens with two attached hydrogens (primary N) is 1. The van der Waals surface area contributed by atoms with Gasteiger partial charge in [0.1, 0.15) is 5.76 Å². The summed E-state index contributed by atoms with van der Waals surface area (Å²) in [7, 11) is 0. The molecule has 1 unspecified atom stereocenters. The highest BCUT2D eigenvalue weighted by atomic mass is 16.4. The number of aromatic nitrogens is 1. The predicted octanol–water partition coefficient (Wildman–Crippen LogP) is 2.00. The number of nitrogens with one attached hydrogen (secondary N) is 1. The Kier molecular flexibility index (Phi) is 6.56. The van der Waals surface area contributed by atoms with Gasteiger partial charge in [0.05, 0.1) is 12.7 Å². The van der Waals surface area contributed by atoms with Gasteiger partial charge >= 0.3 is 0 Å². The van der Waals surface area contributed by atoms with Gasteiger partial charge in [-0.3, -0.25) is 4.79 Å². The lowest BCUT2D eigenvalue weighted by molar-refractivity contribution is -0.121. The van der Waals surface area contributed by atoms with Crippen LogP contribution in [0.3, 0.4) is 0 Å². The van der Waals surface area contributed by atoms with Crippen LogP contribution in [-0.2, 0) is 11.3 Å². The fourth-order valence-electron chi connectivity index (χ4n) is 2.09. The smallest absolute Gasteiger partial charge is 0.220 e. The van der Waals surface area contributed by atoms with Crippen LogP contribution in [0.5, 0.6) is 0 Å². The van der Waals surface area contributed by atoms with Crippen LogP contribution >= 0.6 is 0 Å². The number of amides is 1. The average Bonchev–Trinajstić information content (AvgIpc) is 2.77. The SMILES string of the molecule is Cc1cnc(CNC(=O)CCC(CCN)C(C)C)o1. The van der Waals surface area contributed by atoms with Gasteiger partial charge in [-0.25, -0.2) is 4.98 Å². The van der Waals surface area contributed by atoms with Crippen molar-refractivity contribution in [2.24, 2.45) is 17.6 Å². The monoisotopic (exact) mass is 267 g/mol. The fraction of sp³-hybridized carbons (Fsp3) is 0.714. The molecular weight excluding hydrogens is 242 g/mol. The van der Waals surface area contributed by atoms with Crippen LogP contribution in [0.15, 0.2) is 10.6 Å². The second kappa shape index (κ2) is 7.94. The van der Waals surface area contributed by atoms with Crippen molar-refractivity contribution < 1.29 is 9.21 Å². The fourth-order valence-corrected chi connectivity index (χ4v) is 2.09. The van der Waals surface area contributed by atoms with Crippen molar-refractivity contribution in [3.05, 3.63) is 17.8 Å². The Hall–Kier alpha value is -1.36. The van der Waals surface area contributed by atoms with Crippen LogP contribution in [0.1, 0.15) is 44.8 Å². The quantitative estimate of drug-likeness (QED) is 0.755. The summed E-state index contributed by atoms with van der Waals surface area (Å²) in [5, 5.41) is 2.82. The van der Waals surface area contributed by atoms with Gasteiger partial charge < -0.3 is 15.5 Å². The van der Waals surface area contributed by atoms with E-state index in [0.29, 0.717) is 37.2 Å². The van der Waals surface area contributed by atoms with Gasteiger partial charge in [-0.2, -0.15) is 0 Å². The molecule has 1 rings (SSSR count). The summed E-state index contributed by atoms with van der Waals surface area (Å²) >= 11 is 0. The molecule has 0 spiro atoms. The van der Waals surface area contributed by atoms with Gasteiger partial charge in [-0.05, 0) is 38.1 Å². The minimum Gasteiger partial charge on any atom is -0.444 e. The summed E-state index contributed by atoms with van der Waals surface area (Å²) in [5.74, 6) is 2.42. The second-order valence-corrected chi connectivity index (χ2v) is 5.26. The number of rotatable bonds is 8. The Morgan fingerprint density at radius 1 is 1.47 bits per heavy atom. The first-order valence-corrected chi connectivity index (χ1v) is 6.91. The molecule has 0 aliphatic carbocycles. The third-order valence-electron chi connectivity index (χ3n) is 3.33. The van der Waals surface area contributed by atoms with Gasteiger partial charge in [0.25, 0.3) is 0 Å². The van der Waals surface area contributed by atoms with Gasteiger partial charge in [0.2, 0.25) is 11.8 Å². The van der Waals surface area contributed by atoms with Crippen LogP contribution in [0.4, 0.5) is 0 Å². The summed E-state index contributed by atoms with van der Waals surface area (Å²) in [4.78, 5) is 15.8. The van der Waals surface area contributed by atoms with E-state index in [-0.39, 0.29) is 5.91 Å². The van der Waals surface area contributed by atoms with Gasteiger partial charge in [-0.1, -0.05) is 13.8 Å². The maximum atomic E-state index is 11.7. The molecule has 5 heteroatoms. The van der Waals surface area contributed by atoms with Gasteiger partial charge in [0.15, 0.2) is 0 Å². The molecular formula is C14H25N3O2. The lowest BCUT2D eigenvalue weighted by Gasteiger charge is -2.19. The molecule has 0 aliphatic heterocycles. The topological polar surface area (TPSA) is 81.2 Å². The van der Waals surface area contributed by atoms with Crippen molar-refractivity contribution in [1.82, 2.24) is 10.3 Å². The zero-order valence-electron chi connectivity index (χ0n) is 12.1. The van der Waals surface area contributed by atoms with E-state index in [4.69, 9.17) is 10.2 Å². The van der Waals surface area contributed by atoms with Crippen LogP contribution < -0.4 is 11.1 Å². The van der Waals surface area contributed by atoms with Crippen molar-refractivity contribution in [3.63, 3.8) is 0 Å². The summed E-state index contributed by atoms with van der Waals surface area (Å²) in [6, 6.07) is 0. The van der Waals surface area contributed by atoms with E-state index in [1.807, 2.05) is 6.92 Å². The van der Waals surface area contributed by atoms with E-state index in [1.165, 1.54) is 0 Å². The molecule has 3 N–H and O–H groups in total. The number of carbonyl (C=O) groups excluding carboxylic acids is 1. The van der Waals surface area contributed by atoms with E-state index in [9.17, 15) is 4.79 Å². The molecule has 1 amide bonds. The average molecular weight is 267 g/mol. The minimum atomic E-state index is 0.0403. The van der Waals surface area contributed by atoms with E-state index in [2.05, 4.69) is 24.1 Å². The normalized spacial score (nSPS) is 12.7. The maximum Gasteiger partial charge on any atom is 0.220 e. The molecule has 0 saturated heterocycles. The predicted molar refractivity (Wildman–Crippen MR) is 74.3 cm³/mol. The molecule has 0 aliphatic rings. The molecule has 0 saturated carbocycles. The zero-order valence-corrected chi connectivity index (χ0v) is 12.1. The third-order valence-corrected chi connectivity index (χ3v) is 3.33.